The molecule has 0 heterocycles. The molecule has 0 bridgehead atoms. The van der Waals surface area contributed by atoms with Crippen molar-refractivity contribution in [1.82, 2.24) is 5.32 Å². The van der Waals surface area contributed by atoms with Crippen molar-refractivity contribution in [3.05, 3.63) is 35.9 Å². The van der Waals surface area contributed by atoms with E-state index in [-0.39, 0.29) is 6.54 Å². The molecule has 2 nitrogen and oxygen atoms in total. The number of aliphatic hydroxyl groups is 1. The fourth-order valence-electron chi connectivity index (χ4n) is 0.999. The maximum atomic E-state index is 12.9. The molecule has 0 saturated carbocycles. The highest BCUT2D eigenvalue weighted by molar-refractivity contribution is 5.14. The van der Waals surface area contributed by atoms with Gasteiger partial charge in [0.25, 0.3) is 5.92 Å². The van der Waals surface area contributed by atoms with Gasteiger partial charge in [-0.15, -0.1) is 0 Å². The van der Waals surface area contributed by atoms with Crippen molar-refractivity contribution < 1.29 is 16.6 Å². The quantitative estimate of drug-likeness (QED) is 0.758. The van der Waals surface area contributed by atoms with Gasteiger partial charge >= 0.3 is 0 Å². The molecule has 1 aromatic carbocycles. The predicted molar refractivity (Wildman–Crippen MR) is 50.2 cm³/mol. The van der Waals surface area contributed by atoms with Crippen LogP contribution in [0.2, 0.25) is 0 Å². The molecule has 0 radical (unpaired) electrons. The van der Waals surface area contributed by atoms with E-state index in [9.17, 15) is 8.78 Å². The van der Waals surface area contributed by atoms with Gasteiger partial charge in [0.15, 0.2) is 0 Å². The van der Waals surface area contributed by atoms with Crippen LogP contribution in [0.3, 0.4) is 0 Å². The molecule has 2 N–H and O–H groups in total. The molecule has 0 unspecified atom stereocenters. The average Bonchev–Trinajstić information content (AvgIpc) is 2.17. The lowest BCUT2D eigenvalue weighted by Gasteiger charge is -2.13. The maximum Gasteiger partial charge on any atom is 0.282 e. The number of rotatable bonds is 5. The summed E-state index contributed by atoms with van der Waals surface area (Å²) < 4.78 is 39.0. The minimum Gasteiger partial charge on any atom is -0.390 e. The molecule has 0 atom stereocenters. The van der Waals surface area contributed by atoms with Crippen LogP contribution < -0.4 is 5.32 Å². The Labute approximate surface area is 84.4 Å². The summed E-state index contributed by atoms with van der Waals surface area (Å²) in [6.45, 7) is -4.21. The summed E-state index contributed by atoms with van der Waals surface area (Å²) in [5, 5.41) is 11.0. The van der Waals surface area contributed by atoms with Crippen LogP contribution in [0.4, 0.5) is 8.78 Å². The monoisotopic (exact) mass is 203 g/mol. The number of nitrogens with one attached hydrogen (secondary N) is 1. The number of benzene rings is 1. The highest BCUT2D eigenvalue weighted by Crippen LogP contribution is 2.10. The highest BCUT2D eigenvalue weighted by atomic mass is 19.3. The molecule has 0 spiro atoms. The molecule has 14 heavy (non-hydrogen) atoms. The predicted octanol–water partition coefficient (Wildman–Crippen LogP) is 1.40. The van der Waals surface area contributed by atoms with Crippen LogP contribution in [0.15, 0.2) is 30.3 Å². The van der Waals surface area contributed by atoms with Crippen LogP contribution in [-0.2, 0) is 6.54 Å². The Bertz CT molecular complexity index is 327. The van der Waals surface area contributed by atoms with Crippen LogP contribution in [-0.4, -0.2) is 24.1 Å². The summed E-state index contributed by atoms with van der Waals surface area (Å²) in [5.74, 6) is -3.80. The van der Waals surface area contributed by atoms with Gasteiger partial charge in [-0.2, -0.15) is 0 Å². The summed E-state index contributed by atoms with van der Waals surface area (Å²) in [4.78, 5) is 0. The van der Waals surface area contributed by atoms with E-state index in [1.165, 1.54) is 0 Å². The topological polar surface area (TPSA) is 32.3 Å². The van der Waals surface area contributed by atoms with Gasteiger partial charge in [-0.1, -0.05) is 30.3 Å². The second-order valence-corrected chi connectivity index (χ2v) is 2.91. The van der Waals surface area contributed by atoms with Crippen molar-refractivity contribution in [2.45, 2.75) is 12.5 Å². The molecular weight excluding hydrogens is 188 g/mol. The second-order valence-electron chi connectivity index (χ2n) is 2.91. The van der Waals surface area contributed by atoms with Crippen molar-refractivity contribution >= 4 is 0 Å². The highest BCUT2D eigenvalue weighted by Gasteiger charge is 2.26. The van der Waals surface area contributed by atoms with Gasteiger partial charge in [-0.3, -0.25) is 0 Å². The lowest BCUT2D eigenvalue weighted by molar-refractivity contribution is -0.0477. The number of hydrogen-bond acceptors (Lipinski definition) is 2. The summed E-state index contributed by atoms with van der Waals surface area (Å²) in [6.07, 6.45) is 0. The van der Waals surface area contributed by atoms with Crippen molar-refractivity contribution in [2.75, 3.05) is 13.1 Å². The van der Waals surface area contributed by atoms with E-state index in [0.717, 1.165) is 5.56 Å². The van der Waals surface area contributed by atoms with E-state index in [2.05, 4.69) is 5.32 Å². The number of alkyl halides is 2. The van der Waals surface area contributed by atoms with Crippen molar-refractivity contribution in [3.8, 4) is 0 Å². The van der Waals surface area contributed by atoms with Gasteiger partial charge in [-0.05, 0) is 5.56 Å². The van der Waals surface area contributed by atoms with Gasteiger partial charge in [0.1, 0.15) is 6.56 Å². The zero-order valence-corrected chi connectivity index (χ0v) is 7.50. The van der Waals surface area contributed by atoms with E-state index in [0.29, 0.717) is 0 Å². The molecular formula is C10H13F2NO. The van der Waals surface area contributed by atoms with Crippen molar-refractivity contribution in [2.24, 2.45) is 0 Å². The van der Waals surface area contributed by atoms with Gasteiger partial charge in [0, 0.05) is 6.54 Å². The Morgan fingerprint density at radius 1 is 1.36 bits per heavy atom. The lowest BCUT2D eigenvalue weighted by Crippen LogP contribution is -2.35. The molecule has 0 aliphatic rings. The maximum absolute atomic E-state index is 12.9. The SMILES string of the molecule is [2H]C([2H])(O)C(F)(F)CNCc1ccccc1. The van der Waals surface area contributed by atoms with E-state index in [1.54, 1.807) is 24.3 Å². The third-order valence-corrected chi connectivity index (χ3v) is 1.68. The lowest BCUT2D eigenvalue weighted by atomic mass is 10.2. The van der Waals surface area contributed by atoms with E-state index < -0.39 is 19.0 Å². The fourth-order valence-corrected chi connectivity index (χ4v) is 0.999. The molecule has 78 valence electrons. The molecule has 4 heteroatoms. The van der Waals surface area contributed by atoms with Gasteiger partial charge < -0.3 is 10.4 Å². The minimum absolute atomic E-state index is 0.201. The minimum atomic E-state index is -3.80. The molecule has 1 aromatic rings. The third kappa shape index (κ3) is 3.81. The Morgan fingerprint density at radius 2 is 2.00 bits per heavy atom. The number of halogens is 2. The third-order valence-electron chi connectivity index (χ3n) is 1.68. The molecule has 0 aliphatic carbocycles. The molecule has 0 saturated heterocycles. The fraction of sp³-hybridized carbons (Fsp3) is 0.400. The molecule has 0 aromatic heterocycles. The summed E-state index contributed by atoms with van der Waals surface area (Å²) in [6, 6.07) is 8.89. The van der Waals surface area contributed by atoms with Crippen molar-refractivity contribution in [3.63, 3.8) is 0 Å². The molecule has 0 amide bonds. The van der Waals surface area contributed by atoms with E-state index in [1.807, 2.05) is 6.07 Å². The molecule has 0 fully saturated rings. The number of hydrogen-bond donors (Lipinski definition) is 2. The van der Waals surface area contributed by atoms with Crippen LogP contribution in [0.25, 0.3) is 0 Å². The molecule has 1 rings (SSSR count). The van der Waals surface area contributed by atoms with Gasteiger partial charge in [-0.25, -0.2) is 8.78 Å². The second kappa shape index (κ2) is 5.02. The first-order valence-electron chi connectivity index (χ1n) is 5.18. The largest absolute Gasteiger partial charge is 0.390 e. The first-order valence-corrected chi connectivity index (χ1v) is 4.18. The Balaban J connectivity index is 2.42. The summed E-state index contributed by atoms with van der Waals surface area (Å²) >= 11 is 0. The van der Waals surface area contributed by atoms with Crippen molar-refractivity contribution in [1.29, 1.82) is 0 Å². The standard InChI is InChI=1S/C10H13F2NO/c11-10(12,8-14)7-13-6-9-4-2-1-3-5-9/h1-5,13-14H,6-8H2/i8D2. The van der Waals surface area contributed by atoms with Crippen LogP contribution in [0.1, 0.15) is 8.30 Å². The smallest absolute Gasteiger partial charge is 0.282 e. The Kier molecular flexibility index (Phi) is 2.99. The summed E-state index contributed by atoms with van der Waals surface area (Å²) in [5.41, 5.74) is 0.816. The Morgan fingerprint density at radius 3 is 2.57 bits per heavy atom. The van der Waals surface area contributed by atoms with Gasteiger partial charge in [0.05, 0.1) is 9.29 Å². The summed E-state index contributed by atoms with van der Waals surface area (Å²) in [7, 11) is 0. The van der Waals surface area contributed by atoms with Crippen LogP contribution in [0.5, 0.6) is 0 Å². The van der Waals surface area contributed by atoms with E-state index in [4.69, 9.17) is 7.85 Å². The zero-order valence-electron chi connectivity index (χ0n) is 9.50. The first-order chi connectivity index (χ1) is 7.33. The van der Waals surface area contributed by atoms with Crippen LogP contribution >= 0.6 is 0 Å². The normalized spacial score (nSPS) is 14.8. The van der Waals surface area contributed by atoms with Crippen LogP contribution in [0, 0.1) is 0 Å². The Hall–Kier alpha value is -1.00. The average molecular weight is 203 g/mol. The first kappa shape index (κ1) is 8.32. The van der Waals surface area contributed by atoms with Gasteiger partial charge in [0.2, 0.25) is 0 Å². The zero-order chi connectivity index (χ0) is 12.2. The molecule has 0 aliphatic heterocycles. The van der Waals surface area contributed by atoms with E-state index >= 15 is 0 Å².